The van der Waals surface area contributed by atoms with E-state index in [1.165, 1.54) is 23.7 Å². The SMILES string of the molecule is O=C(O)c1ccc(C2CC2)cc1S(=O)(=O)Nc1cc(-c2ccns2)ccc1OC1CCCC1. The molecule has 0 atom stereocenters. The van der Waals surface area contributed by atoms with Gasteiger partial charge < -0.3 is 9.84 Å². The zero-order valence-electron chi connectivity index (χ0n) is 17.9. The van der Waals surface area contributed by atoms with Gasteiger partial charge in [-0.05, 0) is 104 Å². The second-order valence-electron chi connectivity index (χ2n) is 8.55. The first-order valence-electron chi connectivity index (χ1n) is 11.0. The monoisotopic (exact) mass is 484 g/mol. The summed E-state index contributed by atoms with van der Waals surface area (Å²) < 4.78 is 39.8. The Balaban J connectivity index is 1.54. The summed E-state index contributed by atoms with van der Waals surface area (Å²) in [5, 5.41) is 9.63. The Labute approximate surface area is 196 Å². The van der Waals surface area contributed by atoms with Gasteiger partial charge in [0.2, 0.25) is 0 Å². The average Bonchev–Trinajstić information content (AvgIpc) is 3.25. The smallest absolute Gasteiger partial charge is 0.337 e. The largest absolute Gasteiger partial charge is 0.488 e. The lowest BCUT2D eigenvalue weighted by Gasteiger charge is -2.19. The number of sulfonamides is 1. The first-order valence-corrected chi connectivity index (χ1v) is 13.3. The number of carboxylic acid groups (broad SMARTS) is 1. The van der Waals surface area contributed by atoms with E-state index in [0.717, 1.165) is 54.5 Å². The van der Waals surface area contributed by atoms with Crippen molar-refractivity contribution in [2.24, 2.45) is 0 Å². The summed E-state index contributed by atoms with van der Waals surface area (Å²) in [5.41, 5.74) is 1.70. The third-order valence-corrected chi connectivity index (χ3v) is 8.32. The van der Waals surface area contributed by atoms with Gasteiger partial charge in [0.1, 0.15) is 10.6 Å². The Morgan fingerprint density at radius 1 is 1.06 bits per heavy atom. The van der Waals surface area contributed by atoms with Crippen LogP contribution in [0.3, 0.4) is 0 Å². The normalized spacial score (nSPS) is 16.6. The van der Waals surface area contributed by atoms with Gasteiger partial charge in [-0.15, -0.1) is 0 Å². The minimum Gasteiger partial charge on any atom is -0.488 e. The molecular weight excluding hydrogens is 460 g/mol. The maximum Gasteiger partial charge on any atom is 0.337 e. The summed E-state index contributed by atoms with van der Waals surface area (Å²) in [5.74, 6) is -0.551. The van der Waals surface area contributed by atoms with Crippen molar-refractivity contribution in [3.63, 3.8) is 0 Å². The fourth-order valence-corrected chi connectivity index (χ4v) is 6.11. The molecule has 2 fully saturated rings. The lowest BCUT2D eigenvalue weighted by molar-refractivity contribution is 0.0692. The number of benzene rings is 2. The van der Waals surface area contributed by atoms with Crippen molar-refractivity contribution in [2.75, 3.05) is 4.72 Å². The van der Waals surface area contributed by atoms with Crippen molar-refractivity contribution >= 4 is 33.2 Å². The zero-order chi connectivity index (χ0) is 23.0. The Kier molecular flexibility index (Phi) is 5.84. The fourth-order valence-electron chi connectivity index (χ4n) is 4.22. The Morgan fingerprint density at radius 3 is 2.52 bits per heavy atom. The molecule has 2 N–H and O–H groups in total. The van der Waals surface area contributed by atoms with Crippen molar-refractivity contribution in [3.8, 4) is 16.2 Å². The van der Waals surface area contributed by atoms with Gasteiger partial charge in [-0.3, -0.25) is 4.72 Å². The van der Waals surface area contributed by atoms with Crippen LogP contribution >= 0.6 is 11.5 Å². The van der Waals surface area contributed by atoms with Crippen LogP contribution in [0.5, 0.6) is 5.75 Å². The third kappa shape index (κ3) is 4.74. The molecule has 1 aromatic heterocycles. The minimum atomic E-state index is -4.18. The number of carbonyl (C=O) groups is 1. The molecule has 33 heavy (non-hydrogen) atoms. The van der Waals surface area contributed by atoms with Crippen LogP contribution in [0.25, 0.3) is 10.4 Å². The van der Waals surface area contributed by atoms with E-state index in [4.69, 9.17) is 4.74 Å². The Bertz CT molecular complexity index is 1280. The first kappa shape index (κ1) is 21.9. The molecule has 5 rings (SSSR count). The van der Waals surface area contributed by atoms with Crippen molar-refractivity contribution in [3.05, 3.63) is 59.8 Å². The van der Waals surface area contributed by atoms with E-state index in [2.05, 4.69) is 9.10 Å². The van der Waals surface area contributed by atoms with Crippen LogP contribution in [0.15, 0.2) is 53.6 Å². The highest BCUT2D eigenvalue weighted by Gasteiger charge is 2.29. The number of hydrogen-bond acceptors (Lipinski definition) is 6. The summed E-state index contributed by atoms with van der Waals surface area (Å²) in [6.45, 7) is 0. The van der Waals surface area contributed by atoms with Crippen molar-refractivity contribution in [2.45, 2.75) is 55.4 Å². The molecule has 0 amide bonds. The summed E-state index contributed by atoms with van der Waals surface area (Å²) in [7, 11) is -4.18. The lowest BCUT2D eigenvalue weighted by Crippen LogP contribution is -2.19. The number of anilines is 1. The van der Waals surface area contributed by atoms with E-state index in [9.17, 15) is 18.3 Å². The van der Waals surface area contributed by atoms with Crippen LogP contribution in [0, 0.1) is 0 Å². The molecule has 2 aliphatic carbocycles. The van der Waals surface area contributed by atoms with Gasteiger partial charge in [-0.1, -0.05) is 6.07 Å². The minimum absolute atomic E-state index is 0.0373. The highest BCUT2D eigenvalue weighted by Crippen LogP contribution is 2.42. The predicted octanol–water partition coefficient (Wildman–Crippen LogP) is 5.51. The second-order valence-corrected chi connectivity index (χ2v) is 11.0. The third-order valence-electron chi connectivity index (χ3n) is 6.12. The number of hydrogen-bond donors (Lipinski definition) is 2. The molecule has 2 saturated carbocycles. The van der Waals surface area contributed by atoms with Crippen LogP contribution in [-0.2, 0) is 10.0 Å². The van der Waals surface area contributed by atoms with Gasteiger partial charge in [-0.25, -0.2) is 17.6 Å². The number of rotatable bonds is 8. The van der Waals surface area contributed by atoms with Gasteiger partial charge in [0.05, 0.1) is 22.2 Å². The average molecular weight is 485 g/mol. The molecule has 172 valence electrons. The van der Waals surface area contributed by atoms with Crippen LogP contribution in [-0.4, -0.2) is 30.0 Å². The topological polar surface area (TPSA) is 106 Å². The summed E-state index contributed by atoms with van der Waals surface area (Å²) >= 11 is 1.31. The number of nitrogens with one attached hydrogen (secondary N) is 1. The fraction of sp³-hybridized carbons (Fsp3) is 0.333. The van der Waals surface area contributed by atoms with Crippen molar-refractivity contribution in [1.82, 2.24) is 4.37 Å². The van der Waals surface area contributed by atoms with Crippen LogP contribution in [0.2, 0.25) is 0 Å². The standard InChI is InChI=1S/C24H24N2O5S2/c27-24(28)19-9-7-16(15-5-6-15)14-23(19)33(29,30)26-20-13-17(22-11-12-25-32-22)8-10-21(20)31-18-3-1-2-4-18/h7-15,18,26H,1-6H2,(H,27,28). The summed E-state index contributed by atoms with van der Waals surface area (Å²) in [6, 6.07) is 11.8. The Hall–Kier alpha value is -2.91. The van der Waals surface area contributed by atoms with E-state index < -0.39 is 16.0 Å². The maximum atomic E-state index is 13.5. The number of carboxylic acids is 1. The molecule has 2 aliphatic rings. The number of nitrogens with zero attached hydrogens (tertiary/aromatic N) is 1. The maximum absolute atomic E-state index is 13.5. The molecule has 0 aliphatic heterocycles. The van der Waals surface area contributed by atoms with Crippen LogP contribution in [0.1, 0.15) is 60.4 Å². The van der Waals surface area contributed by atoms with Crippen molar-refractivity contribution < 1.29 is 23.1 Å². The quantitative estimate of drug-likeness (QED) is 0.437. The number of ether oxygens (including phenoxy) is 1. The number of aromatic nitrogens is 1. The van der Waals surface area contributed by atoms with E-state index in [1.54, 1.807) is 24.4 Å². The molecule has 2 aromatic carbocycles. The molecule has 0 radical (unpaired) electrons. The molecule has 0 saturated heterocycles. The van der Waals surface area contributed by atoms with E-state index in [-0.39, 0.29) is 22.5 Å². The highest BCUT2D eigenvalue weighted by atomic mass is 32.2. The summed E-state index contributed by atoms with van der Waals surface area (Å²) in [4.78, 5) is 12.5. The van der Waals surface area contributed by atoms with Gasteiger partial charge in [-0.2, -0.15) is 0 Å². The second kappa shape index (κ2) is 8.79. The van der Waals surface area contributed by atoms with E-state index >= 15 is 0 Å². The zero-order valence-corrected chi connectivity index (χ0v) is 19.5. The van der Waals surface area contributed by atoms with Crippen LogP contribution < -0.4 is 9.46 Å². The molecule has 0 unspecified atom stereocenters. The molecule has 0 bridgehead atoms. The van der Waals surface area contributed by atoms with Gasteiger partial charge >= 0.3 is 5.97 Å². The summed E-state index contributed by atoms with van der Waals surface area (Å²) in [6.07, 6.45) is 7.71. The molecule has 1 heterocycles. The molecular formula is C24H24N2O5S2. The molecule has 9 heteroatoms. The van der Waals surface area contributed by atoms with Gasteiger partial charge in [0, 0.05) is 6.20 Å². The first-order chi connectivity index (χ1) is 15.9. The predicted molar refractivity (Wildman–Crippen MR) is 127 cm³/mol. The van der Waals surface area contributed by atoms with Gasteiger partial charge in [0.25, 0.3) is 10.0 Å². The molecule has 0 spiro atoms. The van der Waals surface area contributed by atoms with E-state index in [1.807, 2.05) is 12.1 Å². The van der Waals surface area contributed by atoms with E-state index in [0.29, 0.717) is 11.4 Å². The van der Waals surface area contributed by atoms with Crippen LogP contribution in [0.4, 0.5) is 5.69 Å². The highest BCUT2D eigenvalue weighted by molar-refractivity contribution is 7.92. The van der Waals surface area contributed by atoms with Crippen molar-refractivity contribution in [1.29, 1.82) is 0 Å². The Morgan fingerprint density at radius 2 is 1.85 bits per heavy atom. The number of aromatic carboxylic acids is 1. The van der Waals surface area contributed by atoms with Gasteiger partial charge in [0.15, 0.2) is 0 Å². The lowest BCUT2D eigenvalue weighted by atomic mass is 10.1. The molecule has 3 aromatic rings. The molecule has 7 nitrogen and oxygen atoms in total.